The highest BCUT2D eigenvalue weighted by molar-refractivity contribution is 8.01. The van der Waals surface area contributed by atoms with Crippen molar-refractivity contribution in [2.45, 2.75) is 4.34 Å². The third kappa shape index (κ3) is 4.18. The van der Waals surface area contributed by atoms with Crippen LogP contribution in [0.15, 0.2) is 77.1 Å². The summed E-state index contributed by atoms with van der Waals surface area (Å²) in [7, 11) is 0. The van der Waals surface area contributed by atoms with Crippen LogP contribution in [0.25, 0.3) is 5.69 Å². The van der Waals surface area contributed by atoms with Gasteiger partial charge in [0.2, 0.25) is 5.91 Å². The summed E-state index contributed by atoms with van der Waals surface area (Å²) in [6, 6.07) is 21.1. The van der Waals surface area contributed by atoms with Gasteiger partial charge >= 0.3 is 0 Å². The van der Waals surface area contributed by atoms with Crippen molar-refractivity contribution in [1.82, 2.24) is 9.78 Å². The van der Waals surface area contributed by atoms with Crippen LogP contribution < -0.4 is 5.32 Å². The Hall–Kier alpha value is -3.40. The minimum atomic E-state index is -0.248. The summed E-state index contributed by atoms with van der Waals surface area (Å²) < 4.78 is 2.95. The summed E-state index contributed by atoms with van der Waals surface area (Å²) in [5, 5.41) is 7.28. The Morgan fingerprint density at radius 3 is 2.27 bits per heavy atom. The van der Waals surface area contributed by atoms with E-state index in [1.54, 1.807) is 47.1 Å². The zero-order valence-electron chi connectivity index (χ0n) is 17.0. The topological polar surface area (TPSA) is 81.1 Å². The molecule has 33 heavy (non-hydrogen) atoms. The number of fused-ring (bicyclic) bond motifs is 2. The average Bonchev–Trinajstić information content (AvgIpc) is 3.22. The highest BCUT2D eigenvalue weighted by Crippen LogP contribution is 2.29. The Bertz CT molecular complexity index is 1480. The Kier molecular flexibility index (Phi) is 5.76. The van der Waals surface area contributed by atoms with Gasteiger partial charge < -0.3 is 5.32 Å². The molecular formula is C24H15N3O3S3. The maximum atomic E-state index is 12.9. The van der Waals surface area contributed by atoms with Gasteiger partial charge in [0.15, 0.2) is 19.9 Å². The van der Waals surface area contributed by atoms with Crippen molar-refractivity contribution < 1.29 is 14.4 Å². The molecule has 6 nitrogen and oxygen atoms in total. The molecule has 162 valence electrons. The predicted octanol–water partition coefficient (Wildman–Crippen LogP) is 5.17. The molecule has 0 radical (unpaired) electrons. The second kappa shape index (κ2) is 8.86. The molecule has 0 fully saturated rings. The number of benzene rings is 3. The number of anilines is 1. The van der Waals surface area contributed by atoms with Gasteiger partial charge in [-0.3, -0.25) is 14.4 Å². The molecule has 0 unspecified atom stereocenters. The molecule has 3 aromatic carbocycles. The van der Waals surface area contributed by atoms with E-state index in [9.17, 15) is 14.4 Å². The number of ketones is 2. The van der Waals surface area contributed by atoms with Gasteiger partial charge in [-0.15, -0.1) is 5.10 Å². The monoisotopic (exact) mass is 489 g/mol. The number of hydrogen-bond acceptors (Lipinski definition) is 7. The maximum Gasteiger partial charge on any atom is 0.234 e. The molecule has 0 atom stereocenters. The molecule has 4 aromatic rings. The number of nitrogens with zero attached hydrogens (tertiary/aromatic N) is 2. The minimum Gasteiger partial charge on any atom is -0.325 e. The van der Waals surface area contributed by atoms with Crippen LogP contribution in [0.4, 0.5) is 5.69 Å². The molecule has 9 heteroatoms. The van der Waals surface area contributed by atoms with Crippen LogP contribution in [0.3, 0.4) is 0 Å². The highest BCUT2D eigenvalue weighted by Gasteiger charge is 2.29. The molecule has 5 rings (SSSR count). The summed E-state index contributed by atoms with van der Waals surface area (Å²) in [5.74, 6) is -0.535. The normalized spacial score (nSPS) is 12.2. The zero-order valence-corrected chi connectivity index (χ0v) is 19.4. The van der Waals surface area contributed by atoms with Crippen LogP contribution >= 0.6 is 35.3 Å². The molecule has 1 aromatic heterocycles. The molecule has 0 aliphatic heterocycles. The standard InChI is InChI=1S/C24H15N3O3S3/c28-20(13-32-23-26-27(24(31)33-23)15-6-2-1-3-7-15)25-14-10-11-18-19(12-14)22(30)17-9-5-4-8-16(17)21(18)29/h1-12H,13H2,(H,25,28). The summed E-state index contributed by atoms with van der Waals surface area (Å²) in [4.78, 5) is 38.1. The van der Waals surface area contributed by atoms with E-state index in [2.05, 4.69) is 10.4 Å². The Morgan fingerprint density at radius 1 is 0.909 bits per heavy atom. The van der Waals surface area contributed by atoms with Crippen molar-refractivity contribution >= 4 is 58.5 Å². The van der Waals surface area contributed by atoms with Crippen LogP contribution in [0.5, 0.6) is 0 Å². The first-order valence-electron chi connectivity index (χ1n) is 9.92. The van der Waals surface area contributed by atoms with Gasteiger partial charge in [-0.05, 0) is 42.5 Å². The van der Waals surface area contributed by atoms with Crippen molar-refractivity contribution in [1.29, 1.82) is 0 Å². The third-order valence-corrected chi connectivity index (χ3v) is 7.43. The number of carbonyl (C=O) groups excluding carboxylic acids is 3. The van der Waals surface area contributed by atoms with E-state index >= 15 is 0 Å². The fourth-order valence-corrected chi connectivity index (χ4v) is 5.71. The Balaban J connectivity index is 1.28. The molecule has 1 aliphatic carbocycles. The first-order valence-corrected chi connectivity index (χ1v) is 12.1. The number of carbonyl (C=O) groups is 3. The van der Waals surface area contributed by atoms with Crippen molar-refractivity contribution in [3.8, 4) is 5.69 Å². The van der Waals surface area contributed by atoms with E-state index in [4.69, 9.17) is 12.2 Å². The van der Waals surface area contributed by atoms with Gasteiger partial charge in [0.25, 0.3) is 0 Å². The van der Waals surface area contributed by atoms with Crippen molar-refractivity contribution in [3.05, 3.63) is 99.0 Å². The molecular weight excluding hydrogens is 474 g/mol. The molecule has 0 bridgehead atoms. The Labute approximate surface area is 202 Å². The first-order chi connectivity index (χ1) is 16.0. The van der Waals surface area contributed by atoms with E-state index in [-0.39, 0.29) is 23.2 Å². The van der Waals surface area contributed by atoms with E-state index in [1.165, 1.54) is 23.1 Å². The lowest BCUT2D eigenvalue weighted by atomic mass is 9.84. The Morgan fingerprint density at radius 2 is 1.55 bits per heavy atom. The summed E-state index contributed by atoms with van der Waals surface area (Å²) in [6.45, 7) is 0. The number of rotatable bonds is 5. The lowest BCUT2D eigenvalue weighted by Crippen LogP contribution is -2.21. The van der Waals surface area contributed by atoms with Crippen LogP contribution in [0.2, 0.25) is 0 Å². The van der Waals surface area contributed by atoms with Crippen molar-refractivity contribution in [2.75, 3.05) is 11.1 Å². The summed E-state index contributed by atoms with van der Waals surface area (Å²) >= 11 is 8.01. The fraction of sp³-hybridized carbons (Fsp3) is 0.0417. The number of thioether (sulfide) groups is 1. The van der Waals surface area contributed by atoms with Gasteiger partial charge in [0, 0.05) is 27.9 Å². The fourth-order valence-electron chi connectivity index (χ4n) is 3.55. The smallest absolute Gasteiger partial charge is 0.234 e. The van der Waals surface area contributed by atoms with E-state index < -0.39 is 0 Å². The molecule has 1 N–H and O–H groups in total. The van der Waals surface area contributed by atoms with Crippen molar-refractivity contribution in [3.63, 3.8) is 0 Å². The van der Waals surface area contributed by atoms with Gasteiger partial charge in [-0.1, -0.05) is 65.6 Å². The highest BCUT2D eigenvalue weighted by atomic mass is 32.2. The molecule has 0 saturated carbocycles. The lowest BCUT2D eigenvalue weighted by molar-refractivity contribution is -0.113. The summed E-state index contributed by atoms with van der Waals surface area (Å²) in [6.07, 6.45) is 0. The van der Waals surface area contributed by atoms with E-state index in [0.717, 1.165) is 5.69 Å². The van der Waals surface area contributed by atoms with E-state index in [0.29, 0.717) is 36.2 Å². The van der Waals surface area contributed by atoms with Gasteiger partial charge in [-0.25, -0.2) is 4.68 Å². The molecule has 0 saturated heterocycles. The molecule has 1 aliphatic rings. The van der Waals surface area contributed by atoms with Gasteiger partial charge in [0.1, 0.15) is 0 Å². The van der Waals surface area contributed by atoms with Crippen LogP contribution in [-0.4, -0.2) is 33.0 Å². The number of nitrogens with one attached hydrogen (secondary N) is 1. The lowest BCUT2D eigenvalue weighted by Gasteiger charge is -2.18. The van der Waals surface area contributed by atoms with Gasteiger partial charge in [0.05, 0.1) is 11.4 Å². The molecule has 1 amide bonds. The SMILES string of the molecule is O=C(CSc1nn(-c2ccccc2)c(=S)s1)Nc1ccc2c(c1)C(=O)c1ccccc1C2=O. The van der Waals surface area contributed by atoms with E-state index in [1.807, 2.05) is 30.3 Å². The largest absolute Gasteiger partial charge is 0.325 e. The van der Waals surface area contributed by atoms with Crippen LogP contribution in [0, 0.1) is 3.95 Å². The first kappa shape index (κ1) is 21.4. The number of hydrogen-bond donors (Lipinski definition) is 1. The van der Waals surface area contributed by atoms with Crippen LogP contribution in [0.1, 0.15) is 31.8 Å². The zero-order chi connectivity index (χ0) is 22.9. The second-order valence-corrected chi connectivity index (χ2v) is 10.0. The average molecular weight is 490 g/mol. The second-order valence-electron chi connectivity index (χ2n) is 7.18. The van der Waals surface area contributed by atoms with Crippen molar-refractivity contribution in [2.24, 2.45) is 0 Å². The number of amides is 1. The summed E-state index contributed by atoms with van der Waals surface area (Å²) in [5.41, 5.74) is 2.75. The molecule has 1 heterocycles. The quantitative estimate of drug-likeness (QED) is 0.271. The van der Waals surface area contributed by atoms with Gasteiger partial charge in [-0.2, -0.15) is 0 Å². The number of para-hydroxylation sites is 1. The number of aromatic nitrogens is 2. The third-order valence-electron chi connectivity index (χ3n) is 5.07. The predicted molar refractivity (Wildman–Crippen MR) is 131 cm³/mol. The minimum absolute atomic E-state index is 0.129. The van der Waals surface area contributed by atoms with Crippen LogP contribution in [-0.2, 0) is 4.79 Å². The maximum absolute atomic E-state index is 12.9. The molecule has 0 spiro atoms.